The molecule has 1 aromatic heterocycles. The molecule has 1 amide bonds. The first-order valence-electron chi connectivity index (χ1n) is 9.26. The minimum absolute atomic E-state index is 0.0200. The average Bonchev–Trinajstić information content (AvgIpc) is 3.17. The Labute approximate surface area is 164 Å². The van der Waals surface area contributed by atoms with E-state index in [1.54, 1.807) is 11.3 Å². The van der Waals surface area contributed by atoms with E-state index in [1.807, 2.05) is 35.2 Å². The largest absolute Gasteiger partial charge is 0.367 e. The molecule has 0 saturated heterocycles. The van der Waals surface area contributed by atoms with Crippen LogP contribution in [0, 0.1) is 6.92 Å². The maximum atomic E-state index is 13.0. The average molecular weight is 378 g/mol. The number of hydrogen-bond acceptors (Lipinski definition) is 3. The number of carbonyl (C=O) groups excluding carboxylic acids is 1. The highest BCUT2D eigenvalue weighted by atomic mass is 32.1. The number of thiophene rings is 1. The first-order valence-corrected chi connectivity index (χ1v) is 10.1. The van der Waals surface area contributed by atoms with Crippen molar-refractivity contribution in [3.63, 3.8) is 0 Å². The second-order valence-electron chi connectivity index (χ2n) is 6.93. The molecular formula is C23H23NO2S. The minimum Gasteiger partial charge on any atom is -0.367 e. The molecule has 0 bridgehead atoms. The van der Waals surface area contributed by atoms with Crippen LogP contribution in [0.15, 0.2) is 66.0 Å². The number of nitrogens with zero attached hydrogens (tertiary/aromatic N) is 1. The van der Waals surface area contributed by atoms with Gasteiger partial charge in [0.1, 0.15) is 6.61 Å². The van der Waals surface area contributed by atoms with Crippen LogP contribution < -0.4 is 0 Å². The van der Waals surface area contributed by atoms with Gasteiger partial charge >= 0.3 is 0 Å². The summed E-state index contributed by atoms with van der Waals surface area (Å²) in [6.07, 6.45) is 0.916. The summed E-state index contributed by atoms with van der Waals surface area (Å²) in [5.41, 5.74) is 4.73. The molecular weight excluding hydrogens is 354 g/mol. The SMILES string of the molecule is Cc1ccc(C2c3ccsc3CCN2C(=O)COCc2ccccc2)cc1. The van der Waals surface area contributed by atoms with Gasteiger partial charge in [0.25, 0.3) is 0 Å². The van der Waals surface area contributed by atoms with Gasteiger partial charge in [-0.2, -0.15) is 0 Å². The topological polar surface area (TPSA) is 29.5 Å². The second kappa shape index (κ2) is 8.07. The molecule has 3 nitrogen and oxygen atoms in total. The van der Waals surface area contributed by atoms with E-state index in [4.69, 9.17) is 4.74 Å². The van der Waals surface area contributed by atoms with Gasteiger partial charge in [0, 0.05) is 11.4 Å². The molecule has 0 N–H and O–H groups in total. The zero-order valence-corrected chi connectivity index (χ0v) is 16.2. The Hall–Kier alpha value is -2.43. The van der Waals surface area contributed by atoms with E-state index >= 15 is 0 Å². The van der Waals surface area contributed by atoms with Gasteiger partial charge < -0.3 is 9.64 Å². The minimum atomic E-state index is -0.0200. The van der Waals surface area contributed by atoms with E-state index in [9.17, 15) is 4.79 Å². The monoisotopic (exact) mass is 377 g/mol. The molecule has 0 spiro atoms. The lowest BCUT2D eigenvalue weighted by Gasteiger charge is -2.36. The Morgan fingerprint density at radius 1 is 1.11 bits per heavy atom. The third-order valence-corrected chi connectivity index (χ3v) is 6.01. The summed E-state index contributed by atoms with van der Waals surface area (Å²) in [6, 6.07) is 20.6. The molecule has 4 rings (SSSR count). The molecule has 0 saturated carbocycles. The van der Waals surface area contributed by atoms with E-state index in [0.717, 1.165) is 24.1 Å². The number of amides is 1. The first-order chi connectivity index (χ1) is 13.2. The van der Waals surface area contributed by atoms with Crippen molar-refractivity contribution in [2.45, 2.75) is 26.0 Å². The number of rotatable bonds is 5. The van der Waals surface area contributed by atoms with Gasteiger partial charge in [-0.25, -0.2) is 0 Å². The molecule has 2 aromatic carbocycles. The van der Waals surface area contributed by atoms with E-state index in [2.05, 4.69) is 42.6 Å². The Balaban J connectivity index is 1.51. The fourth-order valence-electron chi connectivity index (χ4n) is 3.61. The Kier molecular flexibility index (Phi) is 5.37. The molecule has 1 unspecified atom stereocenters. The predicted molar refractivity (Wildman–Crippen MR) is 109 cm³/mol. The van der Waals surface area contributed by atoms with Crippen LogP contribution in [0.3, 0.4) is 0 Å². The third kappa shape index (κ3) is 3.97. The lowest BCUT2D eigenvalue weighted by Crippen LogP contribution is -2.41. The lowest BCUT2D eigenvalue weighted by atomic mass is 9.92. The molecule has 4 heteroatoms. The number of fused-ring (bicyclic) bond motifs is 1. The van der Waals surface area contributed by atoms with Crippen LogP contribution in [0.2, 0.25) is 0 Å². The Bertz CT molecular complexity index is 902. The molecule has 1 aliphatic heterocycles. The van der Waals surface area contributed by atoms with Gasteiger partial charge in [0.2, 0.25) is 5.91 Å². The maximum absolute atomic E-state index is 13.0. The molecule has 1 atom stereocenters. The zero-order chi connectivity index (χ0) is 18.6. The second-order valence-corrected chi connectivity index (χ2v) is 7.93. The van der Waals surface area contributed by atoms with Gasteiger partial charge in [0.05, 0.1) is 12.6 Å². The number of carbonyl (C=O) groups is 1. The molecule has 27 heavy (non-hydrogen) atoms. The molecule has 2 heterocycles. The normalized spacial score (nSPS) is 16.2. The summed E-state index contributed by atoms with van der Waals surface area (Å²) in [6.45, 7) is 3.39. The smallest absolute Gasteiger partial charge is 0.249 e. The summed E-state index contributed by atoms with van der Waals surface area (Å²) in [5, 5.41) is 2.13. The Morgan fingerprint density at radius 2 is 1.89 bits per heavy atom. The van der Waals surface area contributed by atoms with Crippen molar-refractivity contribution < 1.29 is 9.53 Å². The van der Waals surface area contributed by atoms with Gasteiger partial charge in [-0.15, -0.1) is 11.3 Å². The maximum Gasteiger partial charge on any atom is 0.249 e. The van der Waals surface area contributed by atoms with E-state index in [1.165, 1.54) is 16.0 Å². The van der Waals surface area contributed by atoms with Gasteiger partial charge in [-0.05, 0) is 41.5 Å². The van der Waals surface area contributed by atoms with E-state index in [-0.39, 0.29) is 18.6 Å². The summed E-state index contributed by atoms with van der Waals surface area (Å²) in [4.78, 5) is 16.3. The molecule has 0 fully saturated rings. The van der Waals surface area contributed by atoms with Gasteiger partial charge in [0.15, 0.2) is 0 Å². The van der Waals surface area contributed by atoms with Crippen molar-refractivity contribution in [2.24, 2.45) is 0 Å². The van der Waals surface area contributed by atoms with Crippen LogP contribution in [0.25, 0.3) is 0 Å². The summed E-state index contributed by atoms with van der Waals surface area (Å²) in [7, 11) is 0. The van der Waals surface area contributed by atoms with E-state index in [0.29, 0.717) is 6.61 Å². The zero-order valence-electron chi connectivity index (χ0n) is 15.4. The molecule has 1 aliphatic rings. The van der Waals surface area contributed by atoms with E-state index < -0.39 is 0 Å². The van der Waals surface area contributed by atoms with Crippen molar-refractivity contribution in [1.29, 1.82) is 0 Å². The molecule has 0 aliphatic carbocycles. The Morgan fingerprint density at radius 3 is 2.67 bits per heavy atom. The highest BCUT2D eigenvalue weighted by Gasteiger charge is 2.32. The van der Waals surface area contributed by atoms with Crippen LogP contribution in [-0.4, -0.2) is 24.0 Å². The number of benzene rings is 2. The van der Waals surface area contributed by atoms with Crippen molar-refractivity contribution in [3.05, 3.63) is 93.2 Å². The summed E-state index contributed by atoms with van der Waals surface area (Å²) < 4.78 is 5.72. The summed E-state index contributed by atoms with van der Waals surface area (Å²) >= 11 is 1.79. The number of aryl methyl sites for hydroxylation is 1. The van der Waals surface area contributed by atoms with Crippen molar-refractivity contribution >= 4 is 17.2 Å². The van der Waals surface area contributed by atoms with Gasteiger partial charge in [-0.1, -0.05) is 60.2 Å². The van der Waals surface area contributed by atoms with Crippen molar-refractivity contribution in [1.82, 2.24) is 4.90 Å². The quantitative estimate of drug-likeness (QED) is 0.642. The molecule has 0 radical (unpaired) electrons. The predicted octanol–water partition coefficient (Wildman–Crippen LogP) is 4.75. The van der Waals surface area contributed by atoms with Crippen LogP contribution in [0.4, 0.5) is 0 Å². The van der Waals surface area contributed by atoms with Crippen LogP contribution >= 0.6 is 11.3 Å². The van der Waals surface area contributed by atoms with Crippen molar-refractivity contribution in [2.75, 3.05) is 13.2 Å². The van der Waals surface area contributed by atoms with Gasteiger partial charge in [-0.3, -0.25) is 4.79 Å². The first kappa shape index (κ1) is 18.0. The highest BCUT2D eigenvalue weighted by Crippen LogP contribution is 2.37. The molecule has 138 valence electrons. The van der Waals surface area contributed by atoms with Crippen molar-refractivity contribution in [3.8, 4) is 0 Å². The fourth-order valence-corrected chi connectivity index (χ4v) is 4.51. The fraction of sp³-hybridized carbons (Fsp3) is 0.261. The lowest BCUT2D eigenvalue weighted by molar-refractivity contribution is -0.138. The standard InChI is InChI=1S/C23H23NO2S/c1-17-7-9-19(10-8-17)23-20-12-14-27-21(20)11-13-24(23)22(25)16-26-15-18-5-3-2-4-6-18/h2-10,12,14,23H,11,13,15-16H2,1H3. The number of hydrogen-bond donors (Lipinski definition) is 0. The molecule has 3 aromatic rings. The summed E-state index contributed by atoms with van der Waals surface area (Å²) in [5.74, 6) is 0.0494. The van der Waals surface area contributed by atoms with Crippen LogP contribution in [0.1, 0.15) is 33.2 Å². The third-order valence-electron chi connectivity index (χ3n) is 5.02. The van der Waals surface area contributed by atoms with Crippen LogP contribution in [0.5, 0.6) is 0 Å². The number of ether oxygens (including phenoxy) is 1. The highest BCUT2D eigenvalue weighted by molar-refractivity contribution is 7.10. The van der Waals surface area contributed by atoms with Crippen LogP contribution in [-0.2, 0) is 22.6 Å².